The number of amides is 1. The van der Waals surface area contributed by atoms with Gasteiger partial charge in [0.25, 0.3) is 0 Å². The number of pyridine rings is 1. The van der Waals surface area contributed by atoms with E-state index in [0.717, 1.165) is 37.3 Å². The molecule has 5 heteroatoms. The van der Waals surface area contributed by atoms with Crippen molar-refractivity contribution in [2.45, 2.75) is 25.2 Å². The molecule has 0 bridgehead atoms. The van der Waals surface area contributed by atoms with Crippen LogP contribution in [0.25, 0.3) is 0 Å². The molecule has 0 spiro atoms. The van der Waals surface area contributed by atoms with Gasteiger partial charge in [-0.1, -0.05) is 24.3 Å². The quantitative estimate of drug-likeness (QED) is 0.918. The van der Waals surface area contributed by atoms with Gasteiger partial charge in [0.2, 0.25) is 5.91 Å². The Labute approximate surface area is 141 Å². The number of likely N-dealkylation sites (tertiary alicyclic amines) is 1. The largest absolute Gasteiger partial charge is 0.369 e. The zero-order chi connectivity index (χ0) is 16.9. The molecule has 1 aliphatic rings. The highest BCUT2D eigenvalue weighted by Gasteiger charge is 2.23. The number of carbonyl (C=O) groups is 1. The molecule has 2 heterocycles. The highest BCUT2D eigenvalue weighted by atomic mass is 19.1. The lowest BCUT2D eigenvalue weighted by Gasteiger charge is -2.31. The maximum atomic E-state index is 13.8. The van der Waals surface area contributed by atoms with Crippen LogP contribution in [-0.2, 0) is 11.2 Å². The van der Waals surface area contributed by atoms with Crippen LogP contribution in [0, 0.1) is 5.82 Å². The molecule has 1 unspecified atom stereocenters. The van der Waals surface area contributed by atoms with Gasteiger partial charge < -0.3 is 5.73 Å². The van der Waals surface area contributed by atoms with Crippen molar-refractivity contribution in [1.29, 1.82) is 0 Å². The van der Waals surface area contributed by atoms with Crippen molar-refractivity contribution in [3.8, 4) is 0 Å². The Bertz CT molecular complexity index is 719. The van der Waals surface area contributed by atoms with Crippen molar-refractivity contribution < 1.29 is 9.18 Å². The Balaban J connectivity index is 1.73. The lowest BCUT2D eigenvalue weighted by atomic mass is 9.94. The second kappa shape index (κ2) is 7.53. The molecule has 1 aliphatic heterocycles. The fourth-order valence-electron chi connectivity index (χ4n) is 3.32. The van der Waals surface area contributed by atoms with E-state index in [1.807, 2.05) is 24.3 Å². The number of nitrogens with zero attached hydrogens (tertiary/aromatic N) is 2. The van der Waals surface area contributed by atoms with Gasteiger partial charge in [-0.2, -0.15) is 0 Å². The molecule has 1 aromatic heterocycles. The predicted octanol–water partition coefficient (Wildman–Crippen LogP) is 2.48. The lowest BCUT2D eigenvalue weighted by molar-refractivity contribution is -0.119. The van der Waals surface area contributed by atoms with Crippen molar-refractivity contribution in [1.82, 2.24) is 9.88 Å². The monoisotopic (exact) mass is 327 g/mol. The molecule has 1 amide bonds. The molecule has 2 aromatic rings. The molecular weight excluding hydrogens is 305 g/mol. The van der Waals surface area contributed by atoms with E-state index >= 15 is 0 Å². The van der Waals surface area contributed by atoms with Crippen molar-refractivity contribution in [2.24, 2.45) is 5.73 Å². The molecule has 1 aromatic carbocycles. The zero-order valence-corrected chi connectivity index (χ0v) is 13.6. The molecular formula is C19H22FN3O. The van der Waals surface area contributed by atoms with Crippen LogP contribution in [0.15, 0.2) is 42.5 Å². The second-order valence-corrected chi connectivity index (χ2v) is 6.36. The molecule has 1 atom stereocenters. The Morgan fingerprint density at radius 3 is 2.88 bits per heavy atom. The van der Waals surface area contributed by atoms with Crippen LogP contribution < -0.4 is 5.73 Å². The van der Waals surface area contributed by atoms with Crippen molar-refractivity contribution in [3.63, 3.8) is 0 Å². The molecule has 1 saturated heterocycles. The number of piperidine rings is 1. The van der Waals surface area contributed by atoms with E-state index in [0.29, 0.717) is 24.4 Å². The number of primary amides is 1. The molecule has 24 heavy (non-hydrogen) atoms. The standard InChI is InChI=1S/C19H22FN3O/c20-17-8-2-1-5-14(17)11-16-7-3-9-18(22-16)15-6-4-10-23(12-15)13-19(21)24/h1-3,5,7-9,15H,4,6,10-13H2,(H2,21,24). The van der Waals surface area contributed by atoms with E-state index < -0.39 is 0 Å². The summed E-state index contributed by atoms with van der Waals surface area (Å²) in [6.45, 7) is 1.98. The van der Waals surface area contributed by atoms with Crippen molar-refractivity contribution >= 4 is 5.91 Å². The third-order valence-corrected chi connectivity index (χ3v) is 4.46. The van der Waals surface area contributed by atoms with Gasteiger partial charge in [0.15, 0.2) is 0 Å². The van der Waals surface area contributed by atoms with E-state index in [-0.39, 0.29) is 11.7 Å². The number of benzene rings is 1. The Morgan fingerprint density at radius 2 is 2.08 bits per heavy atom. The number of nitrogens with two attached hydrogens (primary N) is 1. The first-order chi connectivity index (χ1) is 11.6. The number of hydrogen-bond acceptors (Lipinski definition) is 3. The molecule has 4 nitrogen and oxygen atoms in total. The third-order valence-electron chi connectivity index (χ3n) is 4.46. The van der Waals surface area contributed by atoms with E-state index in [9.17, 15) is 9.18 Å². The number of carbonyl (C=O) groups excluding carboxylic acids is 1. The number of rotatable bonds is 5. The summed E-state index contributed by atoms with van der Waals surface area (Å²) in [6, 6.07) is 12.7. The first kappa shape index (κ1) is 16.6. The van der Waals surface area contributed by atoms with E-state index in [4.69, 9.17) is 10.7 Å². The molecule has 0 radical (unpaired) electrons. The first-order valence-corrected chi connectivity index (χ1v) is 8.31. The van der Waals surface area contributed by atoms with Crippen LogP contribution >= 0.6 is 0 Å². The minimum absolute atomic E-state index is 0.199. The topological polar surface area (TPSA) is 59.2 Å². The minimum Gasteiger partial charge on any atom is -0.369 e. The normalized spacial score (nSPS) is 18.5. The summed E-state index contributed by atoms with van der Waals surface area (Å²) in [5.41, 5.74) is 7.83. The smallest absolute Gasteiger partial charge is 0.231 e. The van der Waals surface area contributed by atoms with Gasteiger partial charge in [-0.15, -0.1) is 0 Å². The van der Waals surface area contributed by atoms with Gasteiger partial charge in [0.05, 0.1) is 6.54 Å². The summed E-state index contributed by atoms with van der Waals surface area (Å²) in [5.74, 6) is -0.203. The van der Waals surface area contributed by atoms with E-state index in [2.05, 4.69) is 4.90 Å². The summed E-state index contributed by atoms with van der Waals surface area (Å²) in [6.07, 6.45) is 2.56. The summed E-state index contributed by atoms with van der Waals surface area (Å²) < 4.78 is 13.8. The fraction of sp³-hybridized carbons (Fsp3) is 0.368. The molecule has 126 valence electrons. The van der Waals surface area contributed by atoms with Gasteiger partial charge in [-0.05, 0) is 43.1 Å². The van der Waals surface area contributed by atoms with Gasteiger partial charge in [0.1, 0.15) is 5.82 Å². The summed E-state index contributed by atoms with van der Waals surface area (Å²) in [4.78, 5) is 18.0. The minimum atomic E-state index is -0.295. The van der Waals surface area contributed by atoms with Crippen LogP contribution in [0.3, 0.4) is 0 Å². The maximum absolute atomic E-state index is 13.8. The highest BCUT2D eigenvalue weighted by molar-refractivity contribution is 5.75. The first-order valence-electron chi connectivity index (χ1n) is 8.31. The summed E-state index contributed by atoms with van der Waals surface area (Å²) in [7, 11) is 0. The fourth-order valence-corrected chi connectivity index (χ4v) is 3.32. The summed E-state index contributed by atoms with van der Waals surface area (Å²) >= 11 is 0. The Morgan fingerprint density at radius 1 is 1.25 bits per heavy atom. The zero-order valence-electron chi connectivity index (χ0n) is 13.6. The maximum Gasteiger partial charge on any atom is 0.231 e. The number of hydrogen-bond donors (Lipinski definition) is 1. The van der Waals surface area contributed by atoms with Gasteiger partial charge in [-0.25, -0.2) is 4.39 Å². The number of halogens is 1. The van der Waals surface area contributed by atoms with Crippen LogP contribution in [0.1, 0.15) is 35.7 Å². The number of aromatic nitrogens is 1. The lowest BCUT2D eigenvalue weighted by Crippen LogP contribution is -2.40. The molecule has 0 saturated carbocycles. The van der Waals surface area contributed by atoms with Crippen LogP contribution in [-0.4, -0.2) is 35.4 Å². The molecule has 2 N–H and O–H groups in total. The Hall–Kier alpha value is -2.27. The second-order valence-electron chi connectivity index (χ2n) is 6.36. The van der Waals surface area contributed by atoms with Crippen molar-refractivity contribution in [3.05, 3.63) is 65.2 Å². The molecule has 3 rings (SSSR count). The Kier molecular flexibility index (Phi) is 5.20. The van der Waals surface area contributed by atoms with Crippen molar-refractivity contribution in [2.75, 3.05) is 19.6 Å². The predicted molar refractivity (Wildman–Crippen MR) is 91.1 cm³/mol. The van der Waals surface area contributed by atoms with Crippen LogP contribution in [0.4, 0.5) is 4.39 Å². The molecule has 1 fully saturated rings. The van der Waals surface area contributed by atoms with Crippen LogP contribution in [0.5, 0.6) is 0 Å². The van der Waals surface area contributed by atoms with Gasteiger partial charge in [0, 0.05) is 30.3 Å². The van der Waals surface area contributed by atoms with Gasteiger partial charge in [-0.3, -0.25) is 14.7 Å². The average molecular weight is 327 g/mol. The van der Waals surface area contributed by atoms with E-state index in [1.54, 1.807) is 12.1 Å². The van der Waals surface area contributed by atoms with Crippen LogP contribution in [0.2, 0.25) is 0 Å². The molecule has 0 aliphatic carbocycles. The summed E-state index contributed by atoms with van der Waals surface area (Å²) in [5, 5.41) is 0. The van der Waals surface area contributed by atoms with Gasteiger partial charge >= 0.3 is 0 Å². The van der Waals surface area contributed by atoms with E-state index in [1.165, 1.54) is 6.07 Å². The highest BCUT2D eigenvalue weighted by Crippen LogP contribution is 2.26. The SMILES string of the molecule is NC(=O)CN1CCCC(c2cccc(Cc3ccccc3F)n2)C1. The third kappa shape index (κ3) is 4.17. The average Bonchev–Trinajstić information content (AvgIpc) is 2.57.